The molecule has 0 radical (unpaired) electrons. The van der Waals surface area contributed by atoms with Gasteiger partial charge in [0.2, 0.25) is 11.8 Å². The summed E-state index contributed by atoms with van der Waals surface area (Å²) in [6.07, 6.45) is 3.96. The van der Waals surface area contributed by atoms with E-state index in [1.807, 2.05) is 18.9 Å². The Bertz CT molecular complexity index is 371. The second-order valence-electron chi connectivity index (χ2n) is 4.20. The van der Waals surface area contributed by atoms with Crippen molar-refractivity contribution in [1.29, 1.82) is 0 Å². The molecule has 1 N–H and O–H groups in total. The topological polar surface area (TPSA) is 58.4 Å². The van der Waals surface area contributed by atoms with Crippen LogP contribution in [0.15, 0.2) is 10.6 Å². The molecule has 0 aromatic carbocycles. The summed E-state index contributed by atoms with van der Waals surface area (Å²) in [4.78, 5) is 17.5. The number of carbonyl (C=O) groups excluding carboxylic acids is 1. The molecule has 0 atom stereocenters. The molecule has 1 fully saturated rings. The summed E-state index contributed by atoms with van der Waals surface area (Å²) in [6.45, 7) is 2.69. The summed E-state index contributed by atoms with van der Waals surface area (Å²) in [5, 5.41) is 3.03. The van der Waals surface area contributed by atoms with Crippen LogP contribution in [0.3, 0.4) is 0 Å². The molecule has 1 amide bonds. The Kier molecular flexibility index (Phi) is 3.24. The van der Waals surface area contributed by atoms with Gasteiger partial charge >= 0.3 is 0 Å². The number of carbonyl (C=O) groups is 1. The standard InChI is InChI=1S/C11H17N3O2/c1-8-5-13-10(16-8)6-12-7-11(15)14(2)9-3-4-9/h5,9,12H,3-4,6-7H2,1-2H3. The predicted molar refractivity (Wildman–Crippen MR) is 58.7 cm³/mol. The largest absolute Gasteiger partial charge is 0.445 e. The number of nitrogens with one attached hydrogen (secondary N) is 1. The van der Waals surface area contributed by atoms with Crippen molar-refractivity contribution in [3.05, 3.63) is 17.8 Å². The van der Waals surface area contributed by atoms with E-state index in [0.29, 0.717) is 25.0 Å². The fourth-order valence-corrected chi connectivity index (χ4v) is 1.55. The van der Waals surface area contributed by atoms with Crippen molar-refractivity contribution in [2.24, 2.45) is 0 Å². The van der Waals surface area contributed by atoms with Crippen LogP contribution in [-0.4, -0.2) is 35.4 Å². The normalized spacial score (nSPS) is 15.1. The first kappa shape index (κ1) is 11.1. The van der Waals surface area contributed by atoms with Crippen LogP contribution in [0.5, 0.6) is 0 Å². The fourth-order valence-electron chi connectivity index (χ4n) is 1.55. The zero-order valence-electron chi connectivity index (χ0n) is 9.69. The Hall–Kier alpha value is -1.36. The van der Waals surface area contributed by atoms with Crippen LogP contribution >= 0.6 is 0 Å². The third-order valence-corrected chi connectivity index (χ3v) is 2.71. The van der Waals surface area contributed by atoms with Crippen molar-refractivity contribution in [2.75, 3.05) is 13.6 Å². The van der Waals surface area contributed by atoms with Gasteiger partial charge in [0.25, 0.3) is 0 Å². The minimum absolute atomic E-state index is 0.130. The molecule has 0 unspecified atom stereocenters. The SMILES string of the molecule is Cc1cnc(CNCC(=O)N(C)C2CC2)o1. The lowest BCUT2D eigenvalue weighted by Crippen LogP contribution is -2.36. The van der Waals surface area contributed by atoms with E-state index >= 15 is 0 Å². The summed E-state index contributed by atoms with van der Waals surface area (Å²) >= 11 is 0. The molecule has 0 bridgehead atoms. The molecule has 0 aliphatic heterocycles. The molecule has 5 nitrogen and oxygen atoms in total. The van der Waals surface area contributed by atoms with Gasteiger partial charge in [-0.1, -0.05) is 0 Å². The van der Waals surface area contributed by atoms with Crippen molar-refractivity contribution in [1.82, 2.24) is 15.2 Å². The third kappa shape index (κ3) is 2.82. The number of likely N-dealkylation sites (N-methyl/N-ethyl adjacent to an activating group) is 1. The summed E-state index contributed by atoms with van der Waals surface area (Å²) in [5.41, 5.74) is 0. The molecule has 0 spiro atoms. The second-order valence-corrected chi connectivity index (χ2v) is 4.20. The first-order valence-electron chi connectivity index (χ1n) is 5.54. The van der Waals surface area contributed by atoms with Crippen LogP contribution in [0, 0.1) is 6.92 Å². The quantitative estimate of drug-likeness (QED) is 0.798. The number of aromatic nitrogens is 1. The Balaban J connectivity index is 1.69. The Labute approximate surface area is 94.8 Å². The summed E-state index contributed by atoms with van der Waals surface area (Å²) < 4.78 is 5.29. The Morgan fingerprint density at radius 1 is 1.69 bits per heavy atom. The lowest BCUT2D eigenvalue weighted by atomic mass is 10.4. The van der Waals surface area contributed by atoms with E-state index in [0.717, 1.165) is 18.6 Å². The van der Waals surface area contributed by atoms with E-state index in [2.05, 4.69) is 10.3 Å². The molecule has 1 aliphatic carbocycles. The first-order chi connectivity index (χ1) is 7.66. The molecule has 1 aromatic heterocycles. The number of hydrogen-bond donors (Lipinski definition) is 1. The van der Waals surface area contributed by atoms with Crippen molar-refractivity contribution in [3.8, 4) is 0 Å². The van der Waals surface area contributed by atoms with Crippen molar-refractivity contribution in [3.63, 3.8) is 0 Å². The van der Waals surface area contributed by atoms with E-state index < -0.39 is 0 Å². The van der Waals surface area contributed by atoms with E-state index in [1.54, 1.807) is 6.20 Å². The van der Waals surface area contributed by atoms with Gasteiger partial charge in [-0.25, -0.2) is 4.98 Å². The fraction of sp³-hybridized carbons (Fsp3) is 0.636. The molecular formula is C11H17N3O2. The van der Waals surface area contributed by atoms with Gasteiger partial charge in [0.1, 0.15) is 5.76 Å². The zero-order chi connectivity index (χ0) is 11.5. The van der Waals surface area contributed by atoms with Gasteiger partial charge < -0.3 is 9.32 Å². The van der Waals surface area contributed by atoms with Crippen LogP contribution in [-0.2, 0) is 11.3 Å². The number of amides is 1. The summed E-state index contributed by atoms with van der Waals surface area (Å²) in [6, 6.07) is 0.471. The highest BCUT2D eigenvalue weighted by Crippen LogP contribution is 2.25. The maximum atomic E-state index is 11.6. The van der Waals surface area contributed by atoms with Gasteiger partial charge in [-0.05, 0) is 19.8 Å². The van der Waals surface area contributed by atoms with Crippen LogP contribution < -0.4 is 5.32 Å². The predicted octanol–water partition coefficient (Wildman–Crippen LogP) is 0.693. The molecule has 88 valence electrons. The van der Waals surface area contributed by atoms with Crippen molar-refractivity contribution in [2.45, 2.75) is 32.4 Å². The maximum absolute atomic E-state index is 11.6. The number of rotatable bonds is 5. The second kappa shape index (κ2) is 4.65. The smallest absolute Gasteiger partial charge is 0.236 e. The summed E-state index contributed by atoms with van der Waals surface area (Å²) in [7, 11) is 1.86. The van der Waals surface area contributed by atoms with Gasteiger partial charge in [0.05, 0.1) is 19.3 Å². The highest BCUT2D eigenvalue weighted by molar-refractivity contribution is 5.78. The van der Waals surface area contributed by atoms with Crippen molar-refractivity contribution < 1.29 is 9.21 Å². The van der Waals surface area contributed by atoms with Gasteiger partial charge in [0.15, 0.2) is 0 Å². The lowest BCUT2D eigenvalue weighted by Gasteiger charge is -2.15. The van der Waals surface area contributed by atoms with Gasteiger partial charge in [-0.15, -0.1) is 0 Å². The monoisotopic (exact) mass is 223 g/mol. The Morgan fingerprint density at radius 2 is 2.44 bits per heavy atom. The molecule has 1 aromatic rings. The minimum atomic E-state index is 0.130. The Morgan fingerprint density at radius 3 is 3.00 bits per heavy atom. The maximum Gasteiger partial charge on any atom is 0.236 e. The van der Waals surface area contributed by atoms with Gasteiger partial charge in [-0.3, -0.25) is 10.1 Å². The van der Waals surface area contributed by atoms with Crippen molar-refractivity contribution >= 4 is 5.91 Å². The molecule has 0 saturated heterocycles. The molecule has 1 heterocycles. The van der Waals surface area contributed by atoms with E-state index in [9.17, 15) is 4.79 Å². The van der Waals surface area contributed by atoms with Crippen LogP contribution in [0.25, 0.3) is 0 Å². The highest BCUT2D eigenvalue weighted by Gasteiger charge is 2.28. The number of aryl methyl sites for hydroxylation is 1. The molecule has 5 heteroatoms. The number of oxazole rings is 1. The van der Waals surface area contributed by atoms with Crippen LogP contribution in [0.1, 0.15) is 24.5 Å². The van der Waals surface area contributed by atoms with E-state index in [1.165, 1.54) is 0 Å². The molecule has 1 aliphatic rings. The van der Waals surface area contributed by atoms with Gasteiger partial charge in [-0.2, -0.15) is 0 Å². The van der Waals surface area contributed by atoms with Crippen LogP contribution in [0.2, 0.25) is 0 Å². The zero-order valence-corrected chi connectivity index (χ0v) is 9.69. The third-order valence-electron chi connectivity index (χ3n) is 2.71. The average Bonchev–Trinajstić information content (AvgIpc) is 3.02. The molecular weight excluding hydrogens is 206 g/mol. The van der Waals surface area contributed by atoms with Crippen LogP contribution in [0.4, 0.5) is 0 Å². The first-order valence-corrected chi connectivity index (χ1v) is 5.54. The lowest BCUT2D eigenvalue weighted by molar-refractivity contribution is -0.129. The highest BCUT2D eigenvalue weighted by atomic mass is 16.4. The molecule has 1 saturated carbocycles. The molecule has 2 rings (SSSR count). The number of nitrogens with zero attached hydrogens (tertiary/aromatic N) is 2. The van der Waals surface area contributed by atoms with E-state index in [4.69, 9.17) is 4.42 Å². The minimum Gasteiger partial charge on any atom is -0.445 e. The summed E-state index contributed by atoms with van der Waals surface area (Å²) in [5.74, 6) is 1.54. The number of hydrogen-bond acceptors (Lipinski definition) is 4. The van der Waals surface area contributed by atoms with E-state index in [-0.39, 0.29) is 5.91 Å². The van der Waals surface area contributed by atoms with Gasteiger partial charge in [0, 0.05) is 13.1 Å². The molecule has 16 heavy (non-hydrogen) atoms. The average molecular weight is 223 g/mol.